The van der Waals surface area contributed by atoms with Gasteiger partial charge in [0.2, 0.25) is 11.8 Å². The number of halogens is 1. The summed E-state index contributed by atoms with van der Waals surface area (Å²) in [6.45, 7) is 6.42. The molecule has 0 radical (unpaired) electrons. The summed E-state index contributed by atoms with van der Waals surface area (Å²) >= 11 is 0. The number of ether oxygens (including phenoxy) is 1. The number of H-pyrrole nitrogens is 1. The van der Waals surface area contributed by atoms with Crippen LogP contribution in [0.4, 0.5) is 4.39 Å². The van der Waals surface area contributed by atoms with Crippen LogP contribution in [-0.4, -0.2) is 58.9 Å². The molecule has 3 heterocycles. The van der Waals surface area contributed by atoms with Gasteiger partial charge in [-0.15, -0.1) is 0 Å². The second-order valence-corrected chi connectivity index (χ2v) is 11.4. The number of carbonyl (C=O) groups is 3. The molecule has 1 aromatic heterocycles. The first-order chi connectivity index (χ1) is 17.1. The van der Waals surface area contributed by atoms with Crippen LogP contribution in [-0.2, 0) is 9.59 Å². The third-order valence-electron chi connectivity index (χ3n) is 8.19. The first-order valence-electron chi connectivity index (χ1n) is 12.9. The summed E-state index contributed by atoms with van der Waals surface area (Å²) in [7, 11) is 1.50. The van der Waals surface area contributed by atoms with E-state index in [0.717, 1.165) is 25.7 Å². The maximum Gasteiger partial charge on any atom is 0.271 e. The van der Waals surface area contributed by atoms with E-state index in [4.69, 9.17) is 4.74 Å². The first-order valence-corrected chi connectivity index (χ1v) is 12.9. The average Bonchev–Trinajstić information content (AvgIpc) is 3.56. The smallest absolute Gasteiger partial charge is 0.271 e. The number of methoxy groups -OCH3 is 1. The van der Waals surface area contributed by atoms with Crippen molar-refractivity contribution in [1.29, 1.82) is 0 Å². The van der Waals surface area contributed by atoms with Crippen LogP contribution in [0.15, 0.2) is 18.2 Å². The zero-order valence-corrected chi connectivity index (χ0v) is 21.3. The highest BCUT2D eigenvalue weighted by atomic mass is 19.1. The highest BCUT2D eigenvalue weighted by Crippen LogP contribution is 2.43. The van der Waals surface area contributed by atoms with E-state index < -0.39 is 11.9 Å². The van der Waals surface area contributed by atoms with Gasteiger partial charge in [-0.25, -0.2) is 4.39 Å². The second-order valence-electron chi connectivity index (χ2n) is 11.4. The third kappa shape index (κ3) is 4.33. The summed E-state index contributed by atoms with van der Waals surface area (Å²) in [5.41, 5.74) is 0.215. The predicted octanol–water partition coefficient (Wildman–Crippen LogP) is 3.37. The van der Waals surface area contributed by atoms with Gasteiger partial charge in [-0.05, 0) is 76.5 Å². The highest BCUT2D eigenvalue weighted by Gasteiger charge is 2.50. The highest BCUT2D eigenvalue weighted by molar-refractivity contribution is 6.02. The van der Waals surface area contributed by atoms with E-state index in [-0.39, 0.29) is 58.3 Å². The lowest BCUT2D eigenvalue weighted by molar-refractivity contribution is -0.127. The number of rotatable bonds is 6. The number of carbonyl (C=O) groups excluding carboxylic acids is 3. The molecule has 3 fully saturated rings. The Balaban J connectivity index is 1.35. The monoisotopic (exact) mass is 498 g/mol. The minimum atomic E-state index is -0.584. The van der Waals surface area contributed by atoms with Crippen LogP contribution in [0.2, 0.25) is 0 Å². The summed E-state index contributed by atoms with van der Waals surface area (Å²) in [4.78, 5) is 44.1. The van der Waals surface area contributed by atoms with Gasteiger partial charge in [-0.3, -0.25) is 14.4 Å². The van der Waals surface area contributed by atoms with E-state index in [0.29, 0.717) is 24.1 Å². The number of nitrogens with zero attached hydrogens (tertiary/aromatic N) is 1. The molecule has 194 valence electrons. The fraction of sp³-hybridized carbons (Fsp3) is 0.593. The van der Waals surface area contributed by atoms with E-state index in [2.05, 4.69) is 15.6 Å². The van der Waals surface area contributed by atoms with Crippen LogP contribution >= 0.6 is 0 Å². The van der Waals surface area contributed by atoms with E-state index in [1.165, 1.54) is 19.2 Å². The quantitative estimate of drug-likeness (QED) is 0.568. The molecular formula is C27H35FN4O4. The predicted molar refractivity (Wildman–Crippen MR) is 133 cm³/mol. The molecule has 5 atom stereocenters. The first kappa shape index (κ1) is 24.6. The molecule has 2 aliphatic heterocycles. The van der Waals surface area contributed by atoms with Gasteiger partial charge in [0.15, 0.2) is 0 Å². The topological polar surface area (TPSA) is 104 Å². The van der Waals surface area contributed by atoms with E-state index in [1.54, 1.807) is 11.0 Å². The molecule has 3 N–H and O–H groups in total. The Kier molecular flexibility index (Phi) is 6.21. The molecule has 2 aromatic rings. The summed E-state index contributed by atoms with van der Waals surface area (Å²) < 4.78 is 19.8. The van der Waals surface area contributed by atoms with Crippen molar-refractivity contribution in [2.75, 3.05) is 13.7 Å². The number of benzene rings is 1. The van der Waals surface area contributed by atoms with Crippen LogP contribution in [0.3, 0.4) is 0 Å². The maximum absolute atomic E-state index is 14.4. The molecule has 1 aliphatic carbocycles. The fourth-order valence-corrected chi connectivity index (χ4v) is 6.66. The van der Waals surface area contributed by atoms with Crippen LogP contribution in [0.25, 0.3) is 10.9 Å². The number of aromatic nitrogens is 1. The lowest BCUT2D eigenvalue weighted by Crippen LogP contribution is -2.51. The minimum Gasteiger partial charge on any atom is -0.496 e. The van der Waals surface area contributed by atoms with Gasteiger partial charge in [0.05, 0.1) is 12.6 Å². The molecule has 1 saturated carbocycles. The molecule has 1 aromatic carbocycles. The van der Waals surface area contributed by atoms with Crippen molar-refractivity contribution in [3.63, 3.8) is 0 Å². The number of amides is 3. The van der Waals surface area contributed by atoms with Gasteiger partial charge >= 0.3 is 0 Å². The Morgan fingerprint density at radius 2 is 2.08 bits per heavy atom. The number of hydrogen-bond donors (Lipinski definition) is 3. The maximum atomic E-state index is 14.4. The fourth-order valence-electron chi connectivity index (χ4n) is 6.66. The normalized spacial score (nSPS) is 27.7. The van der Waals surface area contributed by atoms with Gasteiger partial charge in [0, 0.05) is 29.4 Å². The van der Waals surface area contributed by atoms with E-state index >= 15 is 0 Å². The minimum absolute atomic E-state index is 0.0242. The SMILES string of the molecule is COc1ccc(F)c2[nH]c(C(=O)N3C[C@@H]4CCC[C@@H]4[C@H]3C(=O)N[C@H](C)C[C@@H]3CC(C)(C)NC3=O)cc12. The van der Waals surface area contributed by atoms with Crippen molar-refractivity contribution in [2.45, 2.75) is 70.5 Å². The van der Waals surface area contributed by atoms with Gasteiger partial charge in [0.1, 0.15) is 23.3 Å². The Morgan fingerprint density at radius 3 is 2.78 bits per heavy atom. The Bertz CT molecular complexity index is 1210. The summed E-state index contributed by atoms with van der Waals surface area (Å²) in [5.74, 6) is -0.229. The van der Waals surface area contributed by atoms with Crippen molar-refractivity contribution >= 4 is 28.6 Å². The van der Waals surface area contributed by atoms with Crippen molar-refractivity contribution in [3.8, 4) is 5.75 Å². The molecule has 3 amide bonds. The average molecular weight is 499 g/mol. The Morgan fingerprint density at radius 1 is 1.31 bits per heavy atom. The Labute approximate surface area is 210 Å². The molecule has 0 unspecified atom stereocenters. The second kappa shape index (κ2) is 9.09. The standard InChI is InChI=1S/C27H35FN4O4/c1-14(10-16-12-27(2,3)31-24(16)33)29-25(34)23-17-7-5-6-15(17)13-32(23)26(35)20-11-18-21(36-4)9-8-19(28)22(18)30-20/h8-9,11,14-17,23,30H,5-7,10,12-13H2,1-4H3,(H,29,34)(H,31,33)/t14-,15+,16-,17+,23+/m1/s1. The van der Waals surface area contributed by atoms with Crippen molar-refractivity contribution in [2.24, 2.45) is 17.8 Å². The zero-order valence-electron chi connectivity index (χ0n) is 21.3. The largest absolute Gasteiger partial charge is 0.496 e. The number of likely N-dealkylation sites (tertiary alicyclic amines) is 1. The number of aromatic amines is 1. The van der Waals surface area contributed by atoms with Gasteiger partial charge in [-0.1, -0.05) is 6.42 Å². The van der Waals surface area contributed by atoms with Crippen molar-refractivity contribution < 1.29 is 23.5 Å². The summed E-state index contributed by atoms with van der Waals surface area (Å²) in [6.07, 6.45) is 4.21. The van der Waals surface area contributed by atoms with Crippen LogP contribution in [0.5, 0.6) is 5.75 Å². The molecule has 0 bridgehead atoms. The number of fused-ring (bicyclic) bond motifs is 2. The third-order valence-corrected chi connectivity index (χ3v) is 8.19. The molecule has 0 spiro atoms. The molecule has 5 rings (SSSR count). The lowest BCUT2D eigenvalue weighted by Gasteiger charge is -2.28. The molecule has 36 heavy (non-hydrogen) atoms. The summed E-state index contributed by atoms with van der Waals surface area (Å²) in [6, 6.07) is 3.65. The molecule has 3 aliphatic rings. The van der Waals surface area contributed by atoms with Crippen molar-refractivity contribution in [1.82, 2.24) is 20.5 Å². The molecule has 2 saturated heterocycles. The van der Waals surface area contributed by atoms with Gasteiger partial charge in [-0.2, -0.15) is 0 Å². The molecular weight excluding hydrogens is 463 g/mol. The van der Waals surface area contributed by atoms with Crippen LogP contribution in [0.1, 0.15) is 63.4 Å². The van der Waals surface area contributed by atoms with Crippen LogP contribution in [0, 0.1) is 23.6 Å². The number of nitrogens with one attached hydrogen (secondary N) is 3. The molecule has 9 heteroatoms. The Hall–Kier alpha value is -3.10. The molecule has 8 nitrogen and oxygen atoms in total. The van der Waals surface area contributed by atoms with Gasteiger partial charge < -0.3 is 25.3 Å². The summed E-state index contributed by atoms with van der Waals surface area (Å²) in [5, 5.41) is 6.60. The van der Waals surface area contributed by atoms with Crippen molar-refractivity contribution in [3.05, 3.63) is 29.7 Å². The zero-order chi connectivity index (χ0) is 25.8. The van der Waals surface area contributed by atoms with E-state index in [9.17, 15) is 18.8 Å². The van der Waals surface area contributed by atoms with Gasteiger partial charge in [0.25, 0.3) is 5.91 Å². The number of hydrogen-bond acceptors (Lipinski definition) is 4. The lowest BCUT2D eigenvalue weighted by atomic mass is 9.91. The van der Waals surface area contributed by atoms with Crippen LogP contribution < -0.4 is 15.4 Å². The van der Waals surface area contributed by atoms with E-state index in [1.807, 2.05) is 20.8 Å².